The maximum Gasteiger partial charge on any atom is 0.267 e. The largest absolute Gasteiger partial charge is 0.333 e. The van der Waals surface area contributed by atoms with Gasteiger partial charge in [-0.3, -0.25) is 4.57 Å². The summed E-state index contributed by atoms with van der Waals surface area (Å²) in [4.78, 5) is 10.0. The molecule has 3 nitrogen and oxygen atoms in total. The van der Waals surface area contributed by atoms with E-state index < -0.39 is 7.52 Å². The van der Waals surface area contributed by atoms with Gasteiger partial charge >= 0.3 is 0 Å². The second kappa shape index (κ2) is 7.92. The Morgan fingerprint density at radius 1 is 1.18 bits per heavy atom. The summed E-state index contributed by atoms with van der Waals surface area (Å²) in [6.45, 7) is 4.05. The molecule has 0 amide bonds. The van der Waals surface area contributed by atoms with Gasteiger partial charge in [0, 0.05) is 12.2 Å². The van der Waals surface area contributed by atoms with Crippen LogP contribution in [-0.4, -0.2) is 17.1 Å². The van der Waals surface area contributed by atoms with Gasteiger partial charge in [-0.2, -0.15) is 0 Å². The molecule has 4 heteroatoms. The SMILES string of the molecule is CCCC(C)NP(=O)(O)CCCc1ccc2ccccc2c1. The minimum absolute atomic E-state index is 0.0986. The molecule has 0 radical (unpaired) electrons. The van der Waals surface area contributed by atoms with Crippen molar-refractivity contribution in [2.75, 3.05) is 6.16 Å². The van der Waals surface area contributed by atoms with Gasteiger partial charge < -0.3 is 4.89 Å². The monoisotopic (exact) mass is 319 g/mol. The Hall–Kier alpha value is -1.15. The van der Waals surface area contributed by atoms with Crippen LogP contribution in [0.15, 0.2) is 42.5 Å². The first-order chi connectivity index (χ1) is 10.5. The van der Waals surface area contributed by atoms with E-state index in [2.05, 4.69) is 42.3 Å². The van der Waals surface area contributed by atoms with Gasteiger partial charge in [0.25, 0.3) is 7.52 Å². The first kappa shape index (κ1) is 17.2. The molecule has 0 saturated heterocycles. The number of hydrogen-bond donors (Lipinski definition) is 2. The van der Waals surface area contributed by atoms with Crippen LogP contribution < -0.4 is 5.09 Å². The number of fused-ring (bicyclic) bond motifs is 1. The van der Waals surface area contributed by atoms with Gasteiger partial charge in [0.2, 0.25) is 0 Å². The molecule has 2 N–H and O–H groups in total. The Morgan fingerprint density at radius 3 is 2.64 bits per heavy atom. The zero-order valence-electron chi connectivity index (χ0n) is 13.5. The fraction of sp³-hybridized carbons (Fsp3) is 0.444. The highest BCUT2D eigenvalue weighted by atomic mass is 31.2. The fourth-order valence-corrected chi connectivity index (χ4v) is 4.33. The van der Waals surface area contributed by atoms with Crippen LogP contribution in [0.5, 0.6) is 0 Å². The highest BCUT2D eigenvalue weighted by Crippen LogP contribution is 2.37. The molecule has 0 aliphatic carbocycles. The van der Waals surface area contributed by atoms with Gasteiger partial charge in [0.05, 0.1) is 0 Å². The molecular formula is C18H26NO2P. The van der Waals surface area contributed by atoms with Crippen molar-refractivity contribution in [3.8, 4) is 0 Å². The van der Waals surface area contributed by atoms with E-state index in [0.29, 0.717) is 6.16 Å². The summed E-state index contributed by atoms with van der Waals surface area (Å²) in [7, 11) is -3.21. The molecule has 0 aliphatic heterocycles. The van der Waals surface area contributed by atoms with E-state index in [1.807, 2.05) is 19.1 Å². The Morgan fingerprint density at radius 2 is 1.91 bits per heavy atom. The van der Waals surface area contributed by atoms with Gasteiger partial charge in [0.15, 0.2) is 0 Å². The summed E-state index contributed by atoms with van der Waals surface area (Å²) in [6.07, 6.45) is 3.82. The van der Waals surface area contributed by atoms with Crippen molar-refractivity contribution in [2.24, 2.45) is 0 Å². The third kappa shape index (κ3) is 5.24. The molecule has 0 spiro atoms. The lowest BCUT2D eigenvalue weighted by Crippen LogP contribution is -2.24. The number of benzene rings is 2. The third-order valence-electron chi connectivity index (χ3n) is 3.88. The van der Waals surface area contributed by atoms with Crippen molar-refractivity contribution in [1.29, 1.82) is 0 Å². The Balaban J connectivity index is 1.87. The summed E-state index contributed by atoms with van der Waals surface area (Å²) in [6, 6.07) is 14.8. The highest BCUT2D eigenvalue weighted by Gasteiger charge is 2.19. The van der Waals surface area contributed by atoms with Gasteiger partial charge in [0.1, 0.15) is 0 Å². The predicted octanol–water partition coefficient (Wildman–Crippen LogP) is 4.74. The number of nitrogens with one attached hydrogen (secondary N) is 1. The Labute approximate surface area is 133 Å². The normalized spacial score (nSPS) is 15.6. The van der Waals surface area contributed by atoms with Gasteiger partial charge in [-0.05, 0) is 42.5 Å². The molecule has 0 aliphatic rings. The molecule has 2 atom stereocenters. The third-order valence-corrected chi connectivity index (χ3v) is 5.65. The van der Waals surface area contributed by atoms with Crippen molar-refractivity contribution in [3.63, 3.8) is 0 Å². The standard InChI is InChI=1S/C18H26NO2P/c1-3-7-15(2)19-22(20,21)13-6-8-16-11-12-17-9-4-5-10-18(17)14-16/h4-5,9-12,14-15H,3,6-8,13H2,1-2H3,(H2,19,20,21). The summed E-state index contributed by atoms with van der Waals surface area (Å²) in [5.41, 5.74) is 1.22. The van der Waals surface area contributed by atoms with E-state index in [9.17, 15) is 9.46 Å². The molecule has 2 rings (SSSR count). The van der Waals surface area contributed by atoms with Crippen LogP contribution >= 0.6 is 7.52 Å². The molecule has 2 aromatic rings. The quantitative estimate of drug-likeness (QED) is 0.691. The van der Waals surface area contributed by atoms with Crippen LogP contribution in [0.3, 0.4) is 0 Å². The second-order valence-electron chi connectivity index (χ2n) is 6.03. The molecule has 2 aromatic carbocycles. The van der Waals surface area contributed by atoms with Gasteiger partial charge in [-0.25, -0.2) is 5.09 Å². The lowest BCUT2D eigenvalue weighted by Gasteiger charge is -2.18. The highest BCUT2D eigenvalue weighted by molar-refractivity contribution is 7.55. The first-order valence-electron chi connectivity index (χ1n) is 8.07. The minimum atomic E-state index is -3.21. The van der Waals surface area contributed by atoms with E-state index in [1.165, 1.54) is 16.3 Å². The van der Waals surface area contributed by atoms with Crippen LogP contribution in [0.2, 0.25) is 0 Å². The number of hydrogen-bond acceptors (Lipinski definition) is 1. The lowest BCUT2D eigenvalue weighted by atomic mass is 10.0. The van der Waals surface area contributed by atoms with Gasteiger partial charge in [-0.15, -0.1) is 0 Å². The Bertz CT molecular complexity index is 656. The second-order valence-corrected chi connectivity index (χ2v) is 8.14. The van der Waals surface area contributed by atoms with E-state index in [0.717, 1.165) is 25.7 Å². The van der Waals surface area contributed by atoms with Crippen molar-refractivity contribution >= 4 is 18.3 Å². The lowest BCUT2D eigenvalue weighted by molar-refractivity contribution is 0.443. The average Bonchev–Trinajstić information content (AvgIpc) is 2.46. The maximum absolute atomic E-state index is 12.1. The van der Waals surface area contributed by atoms with Gasteiger partial charge in [-0.1, -0.05) is 55.8 Å². The zero-order valence-corrected chi connectivity index (χ0v) is 14.4. The summed E-state index contributed by atoms with van der Waals surface area (Å²) >= 11 is 0. The molecule has 2 unspecified atom stereocenters. The molecule has 0 aromatic heterocycles. The minimum Gasteiger partial charge on any atom is -0.333 e. The van der Waals surface area contributed by atoms with E-state index in [-0.39, 0.29) is 6.04 Å². The zero-order chi connectivity index (χ0) is 16.0. The smallest absolute Gasteiger partial charge is 0.267 e. The van der Waals surface area contributed by atoms with Crippen molar-refractivity contribution in [2.45, 2.75) is 45.6 Å². The summed E-state index contributed by atoms with van der Waals surface area (Å²) in [5.74, 6) is 0. The average molecular weight is 319 g/mol. The van der Waals surface area contributed by atoms with Crippen LogP contribution in [0.1, 0.15) is 38.7 Å². The van der Waals surface area contributed by atoms with Crippen molar-refractivity contribution < 1.29 is 9.46 Å². The van der Waals surface area contributed by atoms with E-state index in [1.54, 1.807) is 0 Å². The van der Waals surface area contributed by atoms with E-state index >= 15 is 0 Å². The fourth-order valence-electron chi connectivity index (χ4n) is 2.80. The number of rotatable bonds is 8. The molecule has 22 heavy (non-hydrogen) atoms. The number of aryl methyl sites for hydroxylation is 1. The predicted molar refractivity (Wildman–Crippen MR) is 94.5 cm³/mol. The van der Waals surface area contributed by atoms with E-state index in [4.69, 9.17) is 0 Å². The molecule has 0 heterocycles. The van der Waals surface area contributed by atoms with Crippen LogP contribution in [0.25, 0.3) is 10.8 Å². The molecule has 0 fully saturated rings. The van der Waals surface area contributed by atoms with Crippen LogP contribution in [-0.2, 0) is 11.0 Å². The van der Waals surface area contributed by atoms with Crippen LogP contribution in [0, 0.1) is 0 Å². The van der Waals surface area contributed by atoms with Crippen molar-refractivity contribution in [3.05, 3.63) is 48.0 Å². The molecular weight excluding hydrogens is 293 g/mol. The maximum atomic E-state index is 12.1. The first-order valence-corrected chi connectivity index (χ1v) is 9.92. The Kier molecular flexibility index (Phi) is 6.19. The molecule has 0 saturated carbocycles. The summed E-state index contributed by atoms with van der Waals surface area (Å²) < 4.78 is 12.1. The van der Waals surface area contributed by atoms with Crippen molar-refractivity contribution in [1.82, 2.24) is 5.09 Å². The topological polar surface area (TPSA) is 49.3 Å². The van der Waals surface area contributed by atoms with Crippen LogP contribution in [0.4, 0.5) is 0 Å². The summed E-state index contributed by atoms with van der Waals surface area (Å²) in [5, 5.41) is 5.34. The molecule has 0 bridgehead atoms. The molecule has 120 valence electrons.